The molecule has 0 bridgehead atoms. The molecule has 0 aromatic carbocycles. The molecule has 0 radical (unpaired) electrons. The van der Waals surface area contributed by atoms with Crippen LogP contribution in [-0.4, -0.2) is 6.54 Å². The third-order valence-corrected chi connectivity index (χ3v) is 2.87. The van der Waals surface area contributed by atoms with Gasteiger partial charge in [0, 0.05) is 18.4 Å². The van der Waals surface area contributed by atoms with Crippen LogP contribution >= 0.6 is 0 Å². The highest BCUT2D eigenvalue weighted by molar-refractivity contribution is 4.97. The van der Waals surface area contributed by atoms with Gasteiger partial charge in [0.1, 0.15) is 0 Å². The Morgan fingerprint density at radius 3 is 2.10 bits per heavy atom. The average molecular weight is 302 g/mol. The molecule has 4 N–H and O–H groups in total. The van der Waals surface area contributed by atoms with Crippen LogP contribution in [0.4, 0.5) is 0 Å². The molecule has 0 saturated heterocycles. The number of rotatable bonds is 11. The summed E-state index contributed by atoms with van der Waals surface area (Å²) in [7, 11) is 0. The first-order valence-corrected chi connectivity index (χ1v) is 9.09. The predicted molar refractivity (Wildman–Crippen MR) is 98.9 cm³/mol. The Hall–Kier alpha value is -0.700. The molecule has 3 nitrogen and oxygen atoms in total. The van der Waals surface area contributed by atoms with Crippen LogP contribution in [0.25, 0.3) is 0 Å². The molecule has 0 unspecified atom stereocenters. The summed E-state index contributed by atoms with van der Waals surface area (Å²) in [6.45, 7) is 15.8. The first kappa shape index (κ1) is 25.3. The second-order valence-corrected chi connectivity index (χ2v) is 5.11. The van der Waals surface area contributed by atoms with Gasteiger partial charge in [0.15, 0.2) is 0 Å². The van der Waals surface area contributed by atoms with Crippen molar-refractivity contribution in [3.63, 3.8) is 0 Å². The summed E-state index contributed by atoms with van der Waals surface area (Å²) in [5, 5.41) is 3.46. The number of nitrogens with one attached hydrogen (secondary N) is 2. The van der Waals surface area contributed by atoms with Crippen LogP contribution < -0.4 is 16.6 Å². The van der Waals surface area contributed by atoms with Crippen molar-refractivity contribution < 1.29 is 0 Å². The highest BCUT2D eigenvalue weighted by Gasteiger charge is 1.97. The molecule has 0 aromatic rings. The van der Waals surface area contributed by atoms with Gasteiger partial charge in [-0.15, -0.1) is 0 Å². The van der Waals surface area contributed by atoms with Gasteiger partial charge in [-0.2, -0.15) is 0 Å². The van der Waals surface area contributed by atoms with Gasteiger partial charge >= 0.3 is 0 Å². The van der Waals surface area contributed by atoms with E-state index in [0.717, 1.165) is 18.9 Å². The zero-order chi connectivity index (χ0) is 16.9. The van der Waals surface area contributed by atoms with E-state index in [9.17, 15) is 0 Å². The quantitative estimate of drug-likeness (QED) is 0.274. The largest absolute Gasteiger partial charge is 0.387 e. The second-order valence-electron chi connectivity index (χ2n) is 5.11. The molecule has 3 heteroatoms. The SMILES string of the molecule is CC.CC.CCCC/C(=C/NN)NCCCCCC(C)C. The van der Waals surface area contributed by atoms with Gasteiger partial charge in [0.25, 0.3) is 0 Å². The lowest BCUT2D eigenvalue weighted by molar-refractivity contribution is 0.520. The molecule has 0 amide bonds. The van der Waals surface area contributed by atoms with Crippen molar-refractivity contribution in [3.05, 3.63) is 11.9 Å². The van der Waals surface area contributed by atoms with E-state index in [4.69, 9.17) is 5.84 Å². The molecular weight excluding hydrogens is 258 g/mol. The van der Waals surface area contributed by atoms with Crippen LogP contribution in [0.3, 0.4) is 0 Å². The summed E-state index contributed by atoms with van der Waals surface area (Å²) in [4.78, 5) is 0. The van der Waals surface area contributed by atoms with Crippen molar-refractivity contribution in [1.29, 1.82) is 0 Å². The Labute approximate surface area is 135 Å². The maximum absolute atomic E-state index is 5.32. The molecule has 0 aliphatic rings. The summed E-state index contributed by atoms with van der Waals surface area (Å²) in [6, 6.07) is 0. The molecule has 0 heterocycles. The number of hydrazine groups is 1. The highest BCUT2D eigenvalue weighted by Crippen LogP contribution is 2.08. The van der Waals surface area contributed by atoms with Crippen molar-refractivity contribution in [2.45, 2.75) is 93.4 Å². The second kappa shape index (κ2) is 24.3. The Kier molecular flexibility index (Phi) is 29.3. The summed E-state index contributed by atoms with van der Waals surface area (Å²) in [5.41, 5.74) is 3.85. The van der Waals surface area contributed by atoms with Gasteiger partial charge in [-0.1, -0.05) is 74.1 Å². The van der Waals surface area contributed by atoms with Crippen LogP contribution in [-0.2, 0) is 0 Å². The normalized spacial score (nSPS) is 10.2. The summed E-state index contributed by atoms with van der Waals surface area (Å²) >= 11 is 0. The monoisotopic (exact) mass is 301 g/mol. The van der Waals surface area contributed by atoms with Gasteiger partial charge < -0.3 is 10.7 Å². The lowest BCUT2D eigenvalue weighted by atomic mass is 10.1. The minimum absolute atomic E-state index is 0.837. The lowest BCUT2D eigenvalue weighted by Gasteiger charge is -2.11. The molecule has 0 atom stereocenters. The predicted octanol–water partition coefficient (Wildman–Crippen LogP) is 5.34. The fourth-order valence-corrected chi connectivity index (χ4v) is 1.78. The first-order valence-electron chi connectivity index (χ1n) is 9.09. The van der Waals surface area contributed by atoms with E-state index in [1.807, 2.05) is 33.9 Å². The van der Waals surface area contributed by atoms with E-state index in [1.54, 1.807) is 0 Å². The first-order chi connectivity index (χ1) is 10.2. The standard InChI is InChI=1S/C14H31N3.2C2H6/c1-4-5-10-14(12-17-15)16-11-8-6-7-9-13(2)3;2*1-2/h12-13,16-17H,4-11,15H2,1-3H3;2*1-2H3/b14-12-;;. The zero-order valence-corrected chi connectivity index (χ0v) is 15.9. The molecule has 0 aliphatic heterocycles. The average Bonchev–Trinajstić information content (AvgIpc) is 2.51. The Bertz CT molecular complexity index is 189. The lowest BCUT2D eigenvalue weighted by Crippen LogP contribution is -2.21. The number of hydrogen-bond donors (Lipinski definition) is 3. The molecule has 0 aliphatic carbocycles. The minimum atomic E-state index is 0.837. The van der Waals surface area contributed by atoms with Crippen LogP contribution in [0.5, 0.6) is 0 Å². The van der Waals surface area contributed by atoms with E-state index in [1.165, 1.54) is 44.2 Å². The fourth-order valence-electron chi connectivity index (χ4n) is 1.78. The van der Waals surface area contributed by atoms with Gasteiger partial charge in [-0.3, -0.25) is 5.84 Å². The Morgan fingerprint density at radius 1 is 1.00 bits per heavy atom. The van der Waals surface area contributed by atoms with Crippen LogP contribution in [0.2, 0.25) is 0 Å². The molecule has 0 spiro atoms. The highest BCUT2D eigenvalue weighted by atomic mass is 15.2. The van der Waals surface area contributed by atoms with Crippen LogP contribution in [0.1, 0.15) is 93.4 Å². The number of nitrogens with two attached hydrogens (primary N) is 1. The fraction of sp³-hybridized carbons (Fsp3) is 0.889. The van der Waals surface area contributed by atoms with E-state index in [-0.39, 0.29) is 0 Å². The van der Waals surface area contributed by atoms with E-state index in [2.05, 4.69) is 31.5 Å². The van der Waals surface area contributed by atoms with E-state index >= 15 is 0 Å². The summed E-state index contributed by atoms with van der Waals surface area (Å²) in [6.07, 6.45) is 10.7. The van der Waals surface area contributed by atoms with Gasteiger partial charge in [-0.25, -0.2) is 0 Å². The van der Waals surface area contributed by atoms with Crippen molar-refractivity contribution in [2.24, 2.45) is 11.8 Å². The maximum Gasteiger partial charge on any atom is 0.0312 e. The number of unbranched alkanes of at least 4 members (excludes halogenated alkanes) is 3. The Balaban J connectivity index is -0.000000739. The molecule has 0 saturated carbocycles. The van der Waals surface area contributed by atoms with Gasteiger partial charge in [-0.05, 0) is 25.2 Å². The number of hydrogen-bond acceptors (Lipinski definition) is 3. The van der Waals surface area contributed by atoms with Crippen molar-refractivity contribution >= 4 is 0 Å². The molecule has 21 heavy (non-hydrogen) atoms. The molecular formula is C18H43N3. The van der Waals surface area contributed by atoms with Gasteiger partial charge in [0.2, 0.25) is 0 Å². The third-order valence-electron chi connectivity index (χ3n) is 2.87. The maximum atomic E-state index is 5.32. The topological polar surface area (TPSA) is 50.1 Å². The third kappa shape index (κ3) is 24.7. The van der Waals surface area contributed by atoms with Crippen LogP contribution in [0, 0.1) is 5.92 Å². The van der Waals surface area contributed by atoms with E-state index < -0.39 is 0 Å². The molecule has 130 valence electrons. The van der Waals surface area contributed by atoms with Crippen molar-refractivity contribution in [2.75, 3.05) is 6.54 Å². The summed E-state index contributed by atoms with van der Waals surface area (Å²) in [5.74, 6) is 6.16. The molecule has 0 rings (SSSR count). The van der Waals surface area contributed by atoms with Gasteiger partial charge in [0.05, 0.1) is 0 Å². The van der Waals surface area contributed by atoms with Crippen molar-refractivity contribution in [3.8, 4) is 0 Å². The Morgan fingerprint density at radius 2 is 1.62 bits per heavy atom. The van der Waals surface area contributed by atoms with Crippen molar-refractivity contribution in [1.82, 2.24) is 10.7 Å². The minimum Gasteiger partial charge on any atom is -0.387 e. The smallest absolute Gasteiger partial charge is 0.0312 e. The zero-order valence-electron chi connectivity index (χ0n) is 15.9. The number of allylic oxidation sites excluding steroid dienone is 1. The molecule has 0 aromatic heterocycles. The van der Waals surface area contributed by atoms with Crippen LogP contribution in [0.15, 0.2) is 11.9 Å². The summed E-state index contributed by atoms with van der Waals surface area (Å²) < 4.78 is 0. The van der Waals surface area contributed by atoms with E-state index in [0.29, 0.717) is 0 Å². The molecule has 0 fully saturated rings.